The van der Waals surface area contributed by atoms with Gasteiger partial charge in [0.2, 0.25) is 5.91 Å². The molecule has 2 aromatic rings. The molecular formula is C26H30N2O3. The second kappa shape index (κ2) is 8.46. The van der Waals surface area contributed by atoms with E-state index in [4.69, 9.17) is 0 Å². The monoisotopic (exact) mass is 418 g/mol. The molecule has 31 heavy (non-hydrogen) atoms. The summed E-state index contributed by atoms with van der Waals surface area (Å²) in [6.45, 7) is -0.0232. The number of nitrogens with zero attached hydrogens (tertiary/aromatic N) is 1. The Morgan fingerprint density at radius 3 is 2.35 bits per heavy atom. The second-order valence-electron chi connectivity index (χ2n) is 9.20. The van der Waals surface area contributed by atoms with Crippen molar-refractivity contribution in [3.63, 3.8) is 0 Å². The normalized spacial score (nSPS) is 24.0. The van der Waals surface area contributed by atoms with Crippen LogP contribution in [0.2, 0.25) is 0 Å². The minimum Gasteiger partial charge on any atom is -0.392 e. The van der Waals surface area contributed by atoms with Crippen LogP contribution in [0, 0.1) is 0 Å². The molecule has 0 radical (unpaired) electrons. The van der Waals surface area contributed by atoms with Gasteiger partial charge in [0, 0.05) is 17.6 Å². The molecule has 162 valence electrons. The molecule has 2 aliphatic carbocycles. The molecule has 2 aromatic carbocycles. The van der Waals surface area contributed by atoms with Crippen molar-refractivity contribution in [3.8, 4) is 0 Å². The number of amides is 2. The highest BCUT2D eigenvalue weighted by atomic mass is 16.3. The third-order valence-corrected chi connectivity index (χ3v) is 7.05. The molecule has 5 heteroatoms. The van der Waals surface area contributed by atoms with Crippen molar-refractivity contribution >= 4 is 11.8 Å². The highest BCUT2D eigenvalue weighted by molar-refractivity contribution is 6.01. The van der Waals surface area contributed by atoms with Gasteiger partial charge in [-0.1, -0.05) is 61.7 Å². The van der Waals surface area contributed by atoms with E-state index in [9.17, 15) is 14.7 Å². The second-order valence-corrected chi connectivity index (χ2v) is 9.20. The zero-order chi connectivity index (χ0) is 21.4. The van der Waals surface area contributed by atoms with Crippen LogP contribution in [-0.4, -0.2) is 33.9 Å². The number of carbonyl (C=O) groups is 2. The Labute approximate surface area is 183 Å². The number of rotatable bonds is 5. The lowest BCUT2D eigenvalue weighted by Crippen LogP contribution is -2.52. The van der Waals surface area contributed by atoms with Crippen LogP contribution in [0.3, 0.4) is 0 Å². The zero-order valence-electron chi connectivity index (χ0n) is 17.8. The lowest BCUT2D eigenvalue weighted by Gasteiger charge is -2.46. The number of hydrogen-bond donors (Lipinski definition) is 2. The van der Waals surface area contributed by atoms with E-state index >= 15 is 0 Å². The van der Waals surface area contributed by atoms with E-state index in [1.807, 2.05) is 53.4 Å². The minimum atomic E-state index is -0.434. The summed E-state index contributed by atoms with van der Waals surface area (Å²) in [4.78, 5) is 29.4. The van der Waals surface area contributed by atoms with E-state index < -0.39 is 5.92 Å². The Morgan fingerprint density at radius 2 is 1.68 bits per heavy atom. The van der Waals surface area contributed by atoms with Crippen molar-refractivity contribution in [2.75, 3.05) is 0 Å². The molecule has 5 nitrogen and oxygen atoms in total. The van der Waals surface area contributed by atoms with Gasteiger partial charge in [0.15, 0.2) is 0 Å². The molecule has 1 heterocycles. The average Bonchev–Trinajstić information content (AvgIpc) is 3.63. The summed E-state index contributed by atoms with van der Waals surface area (Å²) in [5.74, 6) is -0.384. The Balaban J connectivity index is 1.64. The first-order valence-corrected chi connectivity index (χ1v) is 11.6. The SMILES string of the molecule is O=C(NC1CC1)[C@@H]1c2ccccc2C(=O)N(C2CCCCC2)[C@H]1c1ccc(CO)cc1. The minimum absolute atomic E-state index is 0.0134. The number of aliphatic hydroxyl groups is 1. The number of hydrogen-bond acceptors (Lipinski definition) is 3. The molecule has 0 aromatic heterocycles. The van der Waals surface area contributed by atoms with Gasteiger partial charge in [0.1, 0.15) is 0 Å². The summed E-state index contributed by atoms with van der Waals surface area (Å²) in [5.41, 5.74) is 3.28. The molecule has 0 bridgehead atoms. The molecule has 0 spiro atoms. The summed E-state index contributed by atoms with van der Waals surface area (Å²) >= 11 is 0. The van der Waals surface area contributed by atoms with Gasteiger partial charge in [0.05, 0.1) is 18.6 Å². The third kappa shape index (κ3) is 3.87. The molecule has 1 aliphatic heterocycles. The van der Waals surface area contributed by atoms with Crippen molar-refractivity contribution in [3.05, 3.63) is 70.8 Å². The number of fused-ring (bicyclic) bond motifs is 1. The van der Waals surface area contributed by atoms with Crippen LogP contribution in [0.1, 0.15) is 84.0 Å². The van der Waals surface area contributed by atoms with Gasteiger partial charge in [-0.05, 0) is 48.4 Å². The summed E-state index contributed by atoms with van der Waals surface area (Å²) in [7, 11) is 0. The fraction of sp³-hybridized carbons (Fsp3) is 0.462. The first-order valence-electron chi connectivity index (χ1n) is 11.6. The Kier molecular flexibility index (Phi) is 5.53. The van der Waals surface area contributed by atoms with E-state index in [1.54, 1.807) is 0 Å². The van der Waals surface area contributed by atoms with Crippen LogP contribution in [0.5, 0.6) is 0 Å². The predicted molar refractivity (Wildman–Crippen MR) is 118 cm³/mol. The first kappa shape index (κ1) is 20.3. The van der Waals surface area contributed by atoms with E-state index in [1.165, 1.54) is 6.42 Å². The Morgan fingerprint density at radius 1 is 0.968 bits per heavy atom. The topological polar surface area (TPSA) is 69.6 Å². The molecule has 3 aliphatic rings. The van der Waals surface area contributed by atoms with Crippen LogP contribution in [0.4, 0.5) is 0 Å². The molecule has 2 atom stereocenters. The van der Waals surface area contributed by atoms with Gasteiger partial charge in [-0.3, -0.25) is 9.59 Å². The molecule has 2 saturated carbocycles. The summed E-state index contributed by atoms with van der Waals surface area (Å²) in [5, 5.41) is 12.7. The van der Waals surface area contributed by atoms with Crippen LogP contribution in [0.15, 0.2) is 48.5 Å². The maximum atomic E-state index is 13.8. The smallest absolute Gasteiger partial charge is 0.254 e. The molecule has 0 saturated heterocycles. The number of carbonyl (C=O) groups excluding carboxylic acids is 2. The van der Waals surface area contributed by atoms with Gasteiger partial charge >= 0.3 is 0 Å². The van der Waals surface area contributed by atoms with Crippen molar-refractivity contribution in [1.82, 2.24) is 10.2 Å². The standard InChI is InChI=1S/C26H30N2O3/c29-16-17-10-12-18(13-11-17)24-23(25(30)27-19-14-15-19)21-8-4-5-9-22(21)26(31)28(24)20-6-2-1-3-7-20/h4-5,8-13,19-20,23-24,29H,1-3,6-7,14-16H2,(H,27,30)/t23-,24+/m1/s1. The fourth-order valence-corrected chi connectivity index (χ4v) is 5.29. The fourth-order valence-electron chi connectivity index (χ4n) is 5.29. The van der Waals surface area contributed by atoms with Crippen LogP contribution < -0.4 is 5.32 Å². The third-order valence-electron chi connectivity index (χ3n) is 7.05. The van der Waals surface area contributed by atoms with Crippen molar-refractivity contribution in [2.45, 2.75) is 75.6 Å². The van der Waals surface area contributed by atoms with Crippen molar-refractivity contribution in [2.24, 2.45) is 0 Å². The number of nitrogens with one attached hydrogen (secondary N) is 1. The van der Waals surface area contributed by atoms with E-state index in [2.05, 4.69) is 5.32 Å². The summed E-state index contributed by atoms with van der Waals surface area (Å²) in [6, 6.07) is 15.4. The summed E-state index contributed by atoms with van der Waals surface area (Å²) < 4.78 is 0. The number of benzene rings is 2. The van der Waals surface area contributed by atoms with Crippen molar-refractivity contribution < 1.29 is 14.7 Å². The van der Waals surface area contributed by atoms with Crippen LogP contribution in [0.25, 0.3) is 0 Å². The zero-order valence-corrected chi connectivity index (χ0v) is 17.8. The van der Waals surface area contributed by atoms with Gasteiger partial charge in [0.25, 0.3) is 5.91 Å². The maximum absolute atomic E-state index is 13.8. The molecular weight excluding hydrogens is 388 g/mol. The molecule has 5 rings (SSSR count). The van der Waals surface area contributed by atoms with Gasteiger partial charge in [-0.15, -0.1) is 0 Å². The van der Waals surface area contributed by atoms with E-state index in [-0.39, 0.29) is 36.5 Å². The lowest BCUT2D eigenvalue weighted by molar-refractivity contribution is -0.124. The number of aliphatic hydroxyl groups excluding tert-OH is 1. The highest BCUT2D eigenvalue weighted by Gasteiger charge is 2.47. The van der Waals surface area contributed by atoms with Gasteiger partial charge < -0.3 is 15.3 Å². The molecule has 2 fully saturated rings. The first-order chi connectivity index (χ1) is 15.2. The lowest BCUT2D eigenvalue weighted by atomic mass is 9.77. The quantitative estimate of drug-likeness (QED) is 0.769. The predicted octanol–water partition coefficient (Wildman–Crippen LogP) is 4.07. The van der Waals surface area contributed by atoms with Crippen LogP contribution >= 0.6 is 0 Å². The molecule has 2 amide bonds. The van der Waals surface area contributed by atoms with E-state index in [0.29, 0.717) is 5.56 Å². The highest BCUT2D eigenvalue weighted by Crippen LogP contribution is 2.46. The van der Waals surface area contributed by atoms with Crippen molar-refractivity contribution in [1.29, 1.82) is 0 Å². The largest absolute Gasteiger partial charge is 0.392 e. The maximum Gasteiger partial charge on any atom is 0.254 e. The Hall–Kier alpha value is -2.66. The summed E-state index contributed by atoms with van der Waals surface area (Å²) in [6.07, 6.45) is 7.46. The van der Waals surface area contributed by atoms with Gasteiger partial charge in [-0.25, -0.2) is 0 Å². The molecule has 0 unspecified atom stereocenters. The van der Waals surface area contributed by atoms with Gasteiger partial charge in [-0.2, -0.15) is 0 Å². The average molecular weight is 419 g/mol. The van der Waals surface area contributed by atoms with E-state index in [0.717, 1.165) is 55.2 Å². The van der Waals surface area contributed by atoms with Crippen LogP contribution in [-0.2, 0) is 11.4 Å². The molecule has 2 N–H and O–H groups in total. The Bertz CT molecular complexity index is 961.